The molecular formula is C30H37N7O4. The second-order valence-electron chi connectivity index (χ2n) is 11.8. The van der Waals surface area contributed by atoms with Crippen LogP contribution in [0.1, 0.15) is 59.1 Å². The van der Waals surface area contributed by atoms with E-state index >= 15 is 0 Å². The Morgan fingerprint density at radius 3 is 2.73 bits per heavy atom. The van der Waals surface area contributed by atoms with Gasteiger partial charge in [0.05, 0.1) is 35.8 Å². The lowest BCUT2D eigenvalue weighted by Gasteiger charge is -2.34. The summed E-state index contributed by atoms with van der Waals surface area (Å²) in [6.45, 7) is 7.45. The zero-order valence-corrected chi connectivity index (χ0v) is 24.1. The Labute approximate surface area is 239 Å². The van der Waals surface area contributed by atoms with Crippen molar-refractivity contribution in [3.05, 3.63) is 42.9 Å². The lowest BCUT2D eigenvalue weighted by atomic mass is 10.1. The molecule has 0 aromatic carbocycles. The molecule has 4 aromatic rings. The van der Waals surface area contributed by atoms with Crippen molar-refractivity contribution in [2.75, 3.05) is 19.7 Å². The molecule has 2 saturated heterocycles. The van der Waals surface area contributed by atoms with Crippen molar-refractivity contribution in [1.29, 1.82) is 0 Å². The molecule has 41 heavy (non-hydrogen) atoms. The summed E-state index contributed by atoms with van der Waals surface area (Å²) in [4.78, 5) is 24.0. The van der Waals surface area contributed by atoms with E-state index in [0.717, 1.165) is 60.0 Å². The van der Waals surface area contributed by atoms with E-state index in [1.807, 2.05) is 69.2 Å². The van der Waals surface area contributed by atoms with Gasteiger partial charge in [-0.05, 0) is 65.0 Å². The molecule has 0 aliphatic carbocycles. The number of piperidine rings is 1. The number of nitrogens with zero attached hydrogens (tertiary/aromatic N) is 7. The molecule has 2 unspecified atom stereocenters. The Balaban J connectivity index is 1.30. The minimum Gasteiger partial charge on any atom is -0.472 e. The van der Waals surface area contributed by atoms with E-state index in [1.165, 1.54) is 0 Å². The summed E-state index contributed by atoms with van der Waals surface area (Å²) in [6.07, 6.45) is 9.69. The van der Waals surface area contributed by atoms with Crippen LogP contribution in [0.15, 0.2) is 42.9 Å². The van der Waals surface area contributed by atoms with Gasteiger partial charge in [-0.15, -0.1) is 0 Å². The lowest BCUT2D eigenvalue weighted by molar-refractivity contribution is -0.0365. The summed E-state index contributed by atoms with van der Waals surface area (Å²) in [7, 11) is 1.89. The lowest BCUT2D eigenvalue weighted by Crippen LogP contribution is -2.46. The molecular weight excluding hydrogens is 522 g/mol. The highest BCUT2D eigenvalue weighted by Crippen LogP contribution is 2.34. The van der Waals surface area contributed by atoms with E-state index in [2.05, 4.69) is 5.10 Å². The number of ether oxygens (including phenoxy) is 3. The SMILES string of the molecule is Cn1cc(-c2cc3c(-c4cccc(OC5CCCN(C(=O)OC(C)(C)C)C5)n4)nn(C4CCCCO4)c3cn2)cn1. The summed E-state index contributed by atoms with van der Waals surface area (Å²) in [5.74, 6) is 0.497. The highest BCUT2D eigenvalue weighted by Gasteiger charge is 2.29. The number of rotatable bonds is 5. The van der Waals surface area contributed by atoms with Crippen LogP contribution >= 0.6 is 0 Å². The monoisotopic (exact) mass is 559 g/mol. The Kier molecular flexibility index (Phi) is 7.37. The molecule has 2 aliphatic rings. The molecule has 2 atom stereocenters. The Bertz CT molecular complexity index is 1530. The number of likely N-dealkylation sites (tertiary alicyclic amines) is 1. The van der Waals surface area contributed by atoms with Gasteiger partial charge in [0.2, 0.25) is 5.88 Å². The van der Waals surface area contributed by atoms with Gasteiger partial charge in [0.25, 0.3) is 0 Å². The highest BCUT2D eigenvalue weighted by molar-refractivity contribution is 5.94. The average Bonchev–Trinajstić information content (AvgIpc) is 3.56. The van der Waals surface area contributed by atoms with Crippen molar-refractivity contribution >= 4 is 17.0 Å². The first-order valence-electron chi connectivity index (χ1n) is 14.3. The van der Waals surface area contributed by atoms with E-state index in [4.69, 9.17) is 29.3 Å². The van der Waals surface area contributed by atoms with Crippen molar-refractivity contribution in [3.8, 4) is 28.5 Å². The van der Waals surface area contributed by atoms with Gasteiger partial charge in [-0.25, -0.2) is 14.5 Å². The molecule has 11 nitrogen and oxygen atoms in total. The number of pyridine rings is 2. The standard InChI is InChI=1S/C30H37N7O4/c1-30(2,3)41-29(38)36-13-8-9-21(19-36)40-26-11-7-10-23(33-26)28-22-15-24(20-16-32-35(4)18-20)31-17-25(22)37(34-28)27-12-5-6-14-39-27/h7,10-11,15-18,21,27H,5-6,8-9,12-14,19H2,1-4H3. The maximum absolute atomic E-state index is 12.6. The van der Waals surface area contributed by atoms with Gasteiger partial charge >= 0.3 is 6.09 Å². The molecule has 216 valence electrons. The van der Waals surface area contributed by atoms with Crippen LogP contribution in [0.25, 0.3) is 33.5 Å². The molecule has 0 saturated carbocycles. The molecule has 0 spiro atoms. The number of fused-ring (bicyclic) bond motifs is 1. The van der Waals surface area contributed by atoms with E-state index in [9.17, 15) is 4.79 Å². The summed E-state index contributed by atoms with van der Waals surface area (Å²) in [5.41, 5.74) is 3.54. The van der Waals surface area contributed by atoms with Gasteiger partial charge in [-0.2, -0.15) is 10.2 Å². The van der Waals surface area contributed by atoms with Crippen LogP contribution in [0.2, 0.25) is 0 Å². The number of aromatic nitrogens is 6. The molecule has 11 heteroatoms. The number of carbonyl (C=O) groups is 1. The quantitative estimate of drug-likeness (QED) is 0.321. The molecule has 0 N–H and O–H groups in total. The van der Waals surface area contributed by atoms with Crippen molar-refractivity contribution in [3.63, 3.8) is 0 Å². The smallest absolute Gasteiger partial charge is 0.410 e. The number of hydrogen-bond donors (Lipinski definition) is 0. The van der Waals surface area contributed by atoms with Crippen LogP contribution in [-0.4, -0.2) is 71.9 Å². The zero-order valence-electron chi connectivity index (χ0n) is 24.1. The largest absolute Gasteiger partial charge is 0.472 e. The summed E-state index contributed by atoms with van der Waals surface area (Å²) in [6, 6.07) is 7.76. The number of carbonyl (C=O) groups excluding carboxylic acids is 1. The molecule has 0 bridgehead atoms. The minimum absolute atomic E-state index is 0.147. The van der Waals surface area contributed by atoms with Crippen LogP contribution in [-0.2, 0) is 16.5 Å². The van der Waals surface area contributed by atoms with Crippen molar-refractivity contribution in [2.24, 2.45) is 7.05 Å². The number of hydrogen-bond acceptors (Lipinski definition) is 8. The zero-order chi connectivity index (χ0) is 28.6. The maximum Gasteiger partial charge on any atom is 0.410 e. The molecule has 6 heterocycles. The van der Waals surface area contributed by atoms with Gasteiger partial charge in [0.15, 0.2) is 6.23 Å². The third-order valence-electron chi connectivity index (χ3n) is 7.31. The first-order chi connectivity index (χ1) is 19.7. The Hall–Kier alpha value is -3.99. The average molecular weight is 560 g/mol. The molecule has 0 radical (unpaired) electrons. The Morgan fingerprint density at radius 2 is 1.98 bits per heavy atom. The van der Waals surface area contributed by atoms with Gasteiger partial charge in [-0.3, -0.25) is 9.67 Å². The predicted molar refractivity (Wildman–Crippen MR) is 153 cm³/mol. The second-order valence-corrected chi connectivity index (χ2v) is 11.8. The third kappa shape index (κ3) is 6.04. The molecule has 2 fully saturated rings. The summed E-state index contributed by atoms with van der Waals surface area (Å²) in [5, 5.41) is 10.3. The molecule has 4 aromatic heterocycles. The molecule has 1 amide bonds. The fourth-order valence-corrected chi connectivity index (χ4v) is 5.38. The van der Waals surface area contributed by atoms with Crippen molar-refractivity contribution < 1.29 is 19.0 Å². The van der Waals surface area contributed by atoms with Crippen molar-refractivity contribution in [2.45, 2.75) is 70.8 Å². The number of amides is 1. The second kappa shape index (κ2) is 11.1. The maximum atomic E-state index is 12.6. The molecule has 6 rings (SSSR count). The Morgan fingerprint density at radius 1 is 1.10 bits per heavy atom. The normalized spacial score (nSPS) is 19.9. The van der Waals surface area contributed by atoms with Gasteiger partial charge in [-0.1, -0.05) is 6.07 Å². The van der Waals surface area contributed by atoms with E-state index in [-0.39, 0.29) is 18.4 Å². The van der Waals surface area contributed by atoms with Crippen LogP contribution in [0, 0.1) is 0 Å². The van der Waals surface area contributed by atoms with Crippen LogP contribution < -0.4 is 4.74 Å². The summed E-state index contributed by atoms with van der Waals surface area (Å²) >= 11 is 0. The van der Waals surface area contributed by atoms with Crippen LogP contribution in [0.3, 0.4) is 0 Å². The predicted octanol–water partition coefficient (Wildman–Crippen LogP) is 5.37. The van der Waals surface area contributed by atoms with Gasteiger partial charge in [0.1, 0.15) is 17.4 Å². The number of aryl methyl sites for hydroxylation is 1. The van der Waals surface area contributed by atoms with Crippen molar-refractivity contribution in [1.82, 2.24) is 34.4 Å². The topological polar surface area (TPSA) is 109 Å². The first kappa shape index (κ1) is 27.2. The van der Waals surface area contributed by atoms with Crippen LogP contribution in [0.5, 0.6) is 5.88 Å². The highest BCUT2D eigenvalue weighted by atomic mass is 16.6. The van der Waals surface area contributed by atoms with E-state index in [0.29, 0.717) is 31.3 Å². The minimum atomic E-state index is -0.540. The van der Waals surface area contributed by atoms with Crippen LogP contribution in [0.4, 0.5) is 4.79 Å². The van der Waals surface area contributed by atoms with E-state index < -0.39 is 5.60 Å². The van der Waals surface area contributed by atoms with Gasteiger partial charge < -0.3 is 19.1 Å². The fourth-order valence-electron chi connectivity index (χ4n) is 5.38. The molecule has 2 aliphatic heterocycles. The first-order valence-corrected chi connectivity index (χ1v) is 14.3. The summed E-state index contributed by atoms with van der Waals surface area (Å²) < 4.78 is 21.7. The third-order valence-corrected chi connectivity index (χ3v) is 7.31. The van der Waals surface area contributed by atoms with E-state index in [1.54, 1.807) is 15.8 Å². The van der Waals surface area contributed by atoms with Gasteiger partial charge in [0, 0.05) is 43.4 Å². The fraction of sp³-hybridized carbons (Fsp3) is 0.500.